The van der Waals surface area contributed by atoms with Gasteiger partial charge in [0.05, 0.1) is 35.3 Å². The third kappa shape index (κ3) is 6.66. The van der Waals surface area contributed by atoms with E-state index in [-0.39, 0.29) is 39.9 Å². The van der Waals surface area contributed by atoms with Crippen LogP contribution in [0.3, 0.4) is 0 Å². The van der Waals surface area contributed by atoms with Crippen molar-refractivity contribution >= 4 is 16.8 Å². The number of Topliss-reactive ketones (excluding diaryl/α,β-unsaturated/α-hetero) is 1. The number of hydrogen-bond donors (Lipinski definition) is 0. The highest BCUT2D eigenvalue weighted by atomic mass is 19.4. The molecule has 0 spiro atoms. The van der Waals surface area contributed by atoms with Crippen LogP contribution < -0.4 is 14.2 Å². The van der Waals surface area contributed by atoms with Gasteiger partial charge in [0, 0.05) is 0 Å². The average Bonchev–Trinajstić information content (AvgIpc) is 2.93. The Hall–Kier alpha value is -4.86. The molecule has 0 aliphatic heterocycles. The lowest BCUT2D eigenvalue weighted by Gasteiger charge is -2.18. The monoisotopic (exact) mass is 575 g/mol. The summed E-state index contributed by atoms with van der Waals surface area (Å²) in [6.07, 6.45) is -10.4. The van der Waals surface area contributed by atoms with Gasteiger partial charge in [-0.15, -0.1) is 0 Å². The standard InChI is InChI=1S/C28H19F6N3O4/c1-15(24(38)21(14-35)16-4-3-5-17(12-16)27(29,30)31)40-19-7-9-20(10-8-19)41-26-25(39-2)37-23-13-18(28(32,33)34)6-11-22(23)36-26/h3-13,15,21H,1-2H3. The van der Waals surface area contributed by atoms with Crippen molar-refractivity contribution in [1.29, 1.82) is 5.26 Å². The third-order valence-electron chi connectivity index (χ3n) is 5.84. The summed E-state index contributed by atoms with van der Waals surface area (Å²) in [7, 11) is 1.25. The van der Waals surface area contributed by atoms with Gasteiger partial charge in [-0.3, -0.25) is 4.79 Å². The van der Waals surface area contributed by atoms with E-state index in [0.717, 1.165) is 36.4 Å². The number of ether oxygens (including phenoxy) is 3. The molecule has 0 fully saturated rings. The molecule has 0 radical (unpaired) electrons. The number of carbonyl (C=O) groups is 1. The van der Waals surface area contributed by atoms with Crippen LogP contribution >= 0.6 is 0 Å². The van der Waals surface area contributed by atoms with Gasteiger partial charge in [-0.2, -0.15) is 31.6 Å². The van der Waals surface area contributed by atoms with Crippen LogP contribution in [-0.4, -0.2) is 29.0 Å². The summed E-state index contributed by atoms with van der Waals surface area (Å²) >= 11 is 0. The zero-order valence-corrected chi connectivity index (χ0v) is 21.2. The molecule has 41 heavy (non-hydrogen) atoms. The third-order valence-corrected chi connectivity index (χ3v) is 5.84. The number of nitriles is 1. The zero-order chi connectivity index (χ0) is 29.9. The maximum absolute atomic E-state index is 13.1. The van der Waals surface area contributed by atoms with Crippen LogP contribution in [0.1, 0.15) is 29.5 Å². The second kappa shape index (κ2) is 11.3. The minimum atomic E-state index is -4.63. The number of rotatable bonds is 8. The SMILES string of the molecule is COc1nc2cc(C(F)(F)F)ccc2nc1Oc1ccc(OC(C)C(=O)C(C#N)c2cccc(C(F)(F)F)c2)cc1. The van der Waals surface area contributed by atoms with Crippen molar-refractivity contribution in [3.05, 3.63) is 83.4 Å². The van der Waals surface area contributed by atoms with Crippen molar-refractivity contribution in [3.63, 3.8) is 0 Å². The summed E-state index contributed by atoms with van der Waals surface area (Å²) in [5.74, 6) is -2.09. The smallest absolute Gasteiger partial charge is 0.416 e. The second-order valence-electron chi connectivity index (χ2n) is 8.66. The van der Waals surface area contributed by atoms with Crippen molar-refractivity contribution in [2.75, 3.05) is 7.11 Å². The van der Waals surface area contributed by atoms with Gasteiger partial charge >= 0.3 is 12.4 Å². The van der Waals surface area contributed by atoms with E-state index in [2.05, 4.69) is 9.97 Å². The Bertz CT molecular complexity index is 1610. The number of hydrogen-bond acceptors (Lipinski definition) is 7. The molecule has 7 nitrogen and oxygen atoms in total. The van der Waals surface area contributed by atoms with E-state index < -0.39 is 41.3 Å². The molecule has 2 unspecified atom stereocenters. The summed E-state index contributed by atoms with van der Waals surface area (Å²) < 4.78 is 94.7. The van der Waals surface area contributed by atoms with Crippen LogP contribution in [0, 0.1) is 11.3 Å². The first kappa shape index (κ1) is 29.1. The Balaban J connectivity index is 1.48. The number of fused-ring (bicyclic) bond motifs is 1. The number of carbonyl (C=O) groups excluding carboxylic acids is 1. The number of benzene rings is 3. The highest BCUT2D eigenvalue weighted by Crippen LogP contribution is 2.35. The fourth-order valence-electron chi connectivity index (χ4n) is 3.79. The summed E-state index contributed by atoms with van der Waals surface area (Å²) in [5.41, 5.74) is -1.90. The molecule has 0 bridgehead atoms. The van der Waals surface area contributed by atoms with Crippen molar-refractivity contribution in [2.45, 2.75) is 31.3 Å². The van der Waals surface area contributed by atoms with Gasteiger partial charge in [-0.25, -0.2) is 9.97 Å². The highest BCUT2D eigenvalue weighted by Gasteiger charge is 2.33. The molecule has 0 amide bonds. The summed E-state index contributed by atoms with van der Waals surface area (Å²) in [6.45, 7) is 1.37. The minimum Gasteiger partial charge on any atom is -0.483 e. The lowest BCUT2D eigenvalue weighted by Crippen LogP contribution is -2.29. The molecule has 1 aromatic heterocycles. The van der Waals surface area contributed by atoms with Gasteiger partial charge in [0.2, 0.25) is 0 Å². The normalized spacial score (nSPS) is 13.2. The van der Waals surface area contributed by atoms with Crippen LogP contribution in [-0.2, 0) is 17.1 Å². The van der Waals surface area contributed by atoms with Gasteiger partial charge in [-0.1, -0.05) is 18.2 Å². The van der Waals surface area contributed by atoms with Crippen LogP contribution in [0.25, 0.3) is 11.0 Å². The molecular weight excluding hydrogens is 556 g/mol. The van der Waals surface area contributed by atoms with Gasteiger partial charge in [0.25, 0.3) is 11.8 Å². The molecule has 0 aliphatic carbocycles. The van der Waals surface area contributed by atoms with Crippen LogP contribution in [0.5, 0.6) is 23.3 Å². The molecule has 0 saturated heterocycles. The molecule has 3 aromatic carbocycles. The molecule has 0 saturated carbocycles. The maximum atomic E-state index is 13.1. The molecule has 2 atom stereocenters. The average molecular weight is 575 g/mol. The van der Waals surface area contributed by atoms with Crippen molar-refractivity contribution < 1.29 is 45.3 Å². The van der Waals surface area contributed by atoms with Gasteiger partial charge < -0.3 is 14.2 Å². The Morgan fingerprint density at radius 1 is 0.829 bits per heavy atom. The van der Waals surface area contributed by atoms with E-state index in [4.69, 9.17) is 14.2 Å². The highest BCUT2D eigenvalue weighted by molar-refractivity contribution is 5.92. The number of methoxy groups -OCH3 is 1. The molecule has 4 aromatic rings. The first-order chi connectivity index (χ1) is 19.3. The van der Waals surface area contributed by atoms with Crippen molar-refractivity contribution in [3.8, 4) is 29.3 Å². The van der Waals surface area contributed by atoms with Crippen LogP contribution in [0.15, 0.2) is 66.7 Å². The van der Waals surface area contributed by atoms with E-state index in [1.54, 1.807) is 6.07 Å². The molecule has 0 N–H and O–H groups in total. The summed E-state index contributed by atoms with van der Waals surface area (Å²) in [6, 6.07) is 14.3. The quantitative estimate of drug-likeness (QED) is 0.207. The van der Waals surface area contributed by atoms with E-state index >= 15 is 0 Å². The molecule has 4 rings (SSSR count). The first-order valence-corrected chi connectivity index (χ1v) is 11.8. The number of alkyl halides is 6. The largest absolute Gasteiger partial charge is 0.483 e. The van der Waals surface area contributed by atoms with E-state index in [9.17, 15) is 36.4 Å². The fourth-order valence-corrected chi connectivity index (χ4v) is 3.79. The van der Waals surface area contributed by atoms with E-state index in [0.29, 0.717) is 0 Å². The number of aromatic nitrogens is 2. The van der Waals surface area contributed by atoms with Gasteiger partial charge in [0.1, 0.15) is 17.4 Å². The van der Waals surface area contributed by atoms with Crippen LogP contribution in [0.4, 0.5) is 26.3 Å². The molecule has 212 valence electrons. The fraction of sp³-hybridized carbons (Fsp3) is 0.214. The Kier molecular flexibility index (Phi) is 8.05. The van der Waals surface area contributed by atoms with E-state index in [1.165, 1.54) is 44.4 Å². The maximum Gasteiger partial charge on any atom is 0.416 e. The number of nitrogens with zero attached hydrogens (tertiary/aromatic N) is 3. The van der Waals surface area contributed by atoms with Gasteiger partial charge in [0.15, 0.2) is 11.9 Å². The molecule has 13 heteroatoms. The predicted octanol–water partition coefficient (Wildman–Crippen LogP) is 7.11. The molecular formula is C28H19F6N3O4. The van der Waals surface area contributed by atoms with Crippen molar-refractivity contribution in [2.24, 2.45) is 0 Å². The molecule has 0 aliphatic rings. The summed E-state index contributed by atoms with van der Waals surface area (Å²) in [5, 5.41) is 9.50. The lowest BCUT2D eigenvalue weighted by molar-refractivity contribution is -0.138. The topological polar surface area (TPSA) is 94.3 Å². The lowest BCUT2D eigenvalue weighted by atomic mass is 9.92. The second-order valence-corrected chi connectivity index (χ2v) is 8.66. The van der Waals surface area contributed by atoms with Crippen LogP contribution in [0.2, 0.25) is 0 Å². The Labute approximate surface area is 228 Å². The number of halogens is 6. The molecule has 1 heterocycles. The van der Waals surface area contributed by atoms with Gasteiger partial charge in [-0.05, 0) is 61.0 Å². The minimum absolute atomic E-state index is 0.0489. The zero-order valence-electron chi connectivity index (χ0n) is 21.2. The predicted molar refractivity (Wildman–Crippen MR) is 133 cm³/mol. The Morgan fingerprint density at radius 2 is 1.44 bits per heavy atom. The Morgan fingerprint density at radius 3 is 2.05 bits per heavy atom. The number of ketones is 1. The summed E-state index contributed by atoms with van der Waals surface area (Å²) in [4.78, 5) is 21.1. The first-order valence-electron chi connectivity index (χ1n) is 11.8. The van der Waals surface area contributed by atoms with Crippen molar-refractivity contribution in [1.82, 2.24) is 9.97 Å². The van der Waals surface area contributed by atoms with E-state index in [1.807, 2.05) is 0 Å².